The van der Waals surface area contributed by atoms with Crippen LogP contribution in [0.2, 0.25) is 0 Å². The summed E-state index contributed by atoms with van der Waals surface area (Å²) in [6.07, 6.45) is 23.2. The molecule has 31 heavy (non-hydrogen) atoms. The van der Waals surface area contributed by atoms with E-state index in [1.807, 2.05) is 0 Å². The van der Waals surface area contributed by atoms with Crippen molar-refractivity contribution >= 4 is 0 Å². The fourth-order valence-electron chi connectivity index (χ4n) is 4.81. The Morgan fingerprint density at radius 1 is 0.516 bits per heavy atom. The fraction of sp³-hybridized carbons (Fsp3) is 0.793. The van der Waals surface area contributed by atoms with Crippen LogP contribution in [-0.2, 0) is 6.54 Å². The lowest BCUT2D eigenvalue weighted by atomic mass is 10.0. The highest BCUT2D eigenvalue weighted by Crippen LogP contribution is 2.18. The molecule has 182 valence electrons. The normalized spacial score (nSPS) is 11.5. The van der Waals surface area contributed by atoms with Crippen LogP contribution in [0, 0.1) is 0 Å². The smallest absolute Gasteiger partial charge is 0.104 e. The first-order valence-electron chi connectivity index (χ1n) is 13.7. The third-order valence-electron chi connectivity index (χ3n) is 7.19. The summed E-state index contributed by atoms with van der Waals surface area (Å²) >= 11 is 0. The van der Waals surface area contributed by atoms with Crippen LogP contribution in [0.1, 0.15) is 129 Å². The SMILES string of the molecule is CCCCCCCCCCCCCCCCCC[N+](CC)(CC)Cc1ccccc1.[Br-]. The third-order valence-corrected chi connectivity index (χ3v) is 7.19. The van der Waals surface area contributed by atoms with Crippen LogP contribution in [0.15, 0.2) is 30.3 Å². The fourth-order valence-corrected chi connectivity index (χ4v) is 4.81. The molecule has 0 aliphatic heterocycles. The Labute approximate surface area is 206 Å². The first-order chi connectivity index (χ1) is 14.8. The van der Waals surface area contributed by atoms with Gasteiger partial charge in [0.2, 0.25) is 0 Å². The Balaban J connectivity index is 0.00000900. The van der Waals surface area contributed by atoms with Crippen LogP contribution in [0.5, 0.6) is 0 Å². The summed E-state index contributed by atoms with van der Waals surface area (Å²) in [5.41, 5.74) is 1.50. The highest BCUT2D eigenvalue weighted by atomic mass is 79.9. The zero-order valence-corrected chi connectivity index (χ0v) is 22.9. The molecule has 0 saturated heterocycles. The molecule has 0 radical (unpaired) electrons. The van der Waals surface area contributed by atoms with Crippen LogP contribution in [0.25, 0.3) is 0 Å². The zero-order chi connectivity index (χ0) is 21.8. The molecule has 0 spiro atoms. The van der Waals surface area contributed by atoms with Gasteiger partial charge in [-0.1, -0.05) is 127 Å². The lowest BCUT2D eigenvalue weighted by Gasteiger charge is -2.37. The number of unbranched alkanes of at least 4 members (excludes halogenated alkanes) is 15. The first-order valence-corrected chi connectivity index (χ1v) is 13.7. The quantitative estimate of drug-likeness (QED) is 0.138. The molecule has 0 amide bonds. The highest BCUT2D eigenvalue weighted by molar-refractivity contribution is 5.13. The maximum absolute atomic E-state index is 2.37. The van der Waals surface area contributed by atoms with Crippen molar-refractivity contribution in [3.05, 3.63) is 35.9 Å². The van der Waals surface area contributed by atoms with E-state index >= 15 is 0 Å². The standard InChI is InChI=1S/C29H54N.BrH/c1-4-7-8-9-10-11-12-13-14-15-16-17-18-19-20-24-27-30(5-2,6-3)28-29-25-22-21-23-26-29;/h21-23,25-26H,4-20,24,27-28H2,1-3H3;1H/q+1;/p-1. The van der Waals surface area contributed by atoms with E-state index in [0.717, 1.165) is 0 Å². The van der Waals surface area contributed by atoms with Crippen molar-refractivity contribution in [2.75, 3.05) is 19.6 Å². The van der Waals surface area contributed by atoms with Crippen molar-refractivity contribution in [2.24, 2.45) is 0 Å². The van der Waals surface area contributed by atoms with Gasteiger partial charge in [-0.05, 0) is 26.7 Å². The molecule has 2 heteroatoms. The molecule has 1 rings (SSSR count). The molecule has 0 aromatic heterocycles. The Morgan fingerprint density at radius 2 is 0.903 bits per heavy atom. The van der Waals surface area contributed by atoms with Crippen molar-refractivity contribution < 1.29 is 21.5 Å². The van der Waals surface area contributed by atoms with E-state index in [2.05, 4.69) is 51.1 Å². The maximum atomic E-state index is 2.37. The minimum Gasteiger partial charge on any atom is -1.00 e. The van der Waals surface area contributed by atoms with Crippen LogP contribution in [0.3, 0.4) is 0 Å². The van der Waals surface area contributed by atoms with Gasteiger partial charge in [-0.2, -0.15) is 0 Å². The van der Waals surface area contributed by atoms with Gasteiger partial charge in [0.25, 0.3) is 0 Å². The largest absolute Gasteiger partial charge is 1.00 e. The highest BCUT2D eigenvalue weighted by Gasteiger charge is 2.22. The van der Waals surface area contributed by atoms with Gasteiger partial charge in [0.1, 0.15) is 6.54 Å². The second-order valence-electron chi connectivity index (χ2n) is 9.64. The number of quaternary nitrogens is 1. The summed E-state index contributed by atoms with van der Waals surface area (Å²) in [7, 11) is 0. The van der Waals surface area contributed by atoms with Gasteiger partial charge >= 0.3 is 0 Å². The predicted octanol–water partition coefficient (Wildman–Crippen LogP) is 6.31. The molecule has 0 bridgehead atoms. The summed E-state index contributed by atoms with van der Waals surface area (Å²) in [4.78, 5) is 0. The van der Waals surface area contributed by atoms with Gasteiger partial charge in [-0.15, -0.1) is 0 Å². The van der Waals surface area contributed by atoms with Crippen molar-refractivity contribution in [3.63, 3.8) is 0 Å². The van der Waals surface area contributed by atoms with E-state index < -0.39 is 0 Å². The predicted molar refractivity (Wildman–Crippen MR) is 136 cm³/mol. The first kappa shape index (κ1) is 30.7. The summed E-state index contributed by atoms with van der Waals surface area (Å²) in [6.45, 7) is 12.1. The van der Waals surface area contributed by atoms with Crippen molar-refractivity contribution in [1.29, 1.82) is 0 Å². The van der Waals surface area contributed by atoms with Gasteiger partial charge in [-0.25, -0.2) is 0 Å². The number of nitrogens with zero attached hydrogens (tertiary/aromatic N) is 1. The van der Waals surface area contributed by atoms with Gasteiger partial charge in [0.15, 0.2) is 0 Å². The van der Waals surface area contributed by atoms with E-state index in [1.54, 1.807) is 0 Å². The maximum Gasteiger partial charge on any atom is 0.104 e. The molecule has 0 aliphatic rings. The van der Waals surface area contributed by atoms with Gasteiger partial charge in [-0.3, -0.25) is 0 Å². The summed E-state index contributed by atoms with van der Waals surface area (Å²) in [6, 6.07) is 11.1. The number of benzene rings is 1. The minimum atomic E-state index is 0. The second-order valence-corrected chi connectivity index (χ2v) is 9.64. The van der Waals surface area contributed by atoms with Crippen LogP contribution in [-0.4, -0.2) is 24.1 Å². The number of hydrogen-bond donors (Lipinski definition) is 0. The summed E-state index contributed by atoms with van der Waals surface area (Å²) in [5.74, 6) is 0. The van der Waals surface area contributed by atoms with Gasteiger partial charge in [0.05, 0.1) is 19.6 Å². The van der Waals surface area contributed by atoms with Crippen LogP contribution in [0.4, 0.5) is 0 Å². The molecule has 0 saturated carbocycles. The molecule has 0 atom stereocenters. The topological polar surface area (TPSA) is 0 Å². The van der Waals surface area contributed by atoms with Gasteiger partial charge in [0, 0.05) is 5.56 Å². The number of halogens is 1. The Hall–Kier alpha value is -0.340. The average Bonchev–Trinajstić information content (AvgIpc) is 2.78. The molecular weight excluding hydrogens is 442 g/mol. The van der Waals surface area contributed by atoms with E-state index in [0.29, 0.717) is 0 Å². The van der Waals surface area contributed by atoms with Crippen molar-refractivity contribution in [2.45, 2.75) is 130 Å². The Bertz CT molecular complexity index is 469. The lowest BCUT2D eigenvalue weighted by molar-refractivity contribution is -0.938. The third kappa shape index (κ3) is 16.0. The van der Waals surface area contributed by atoms with Gasteiger partial charge < -0.3 is 21.5 Å². The monoisotopic (exact) mass is 495 g/mol. The number of rotatable bonds is 21. The molecule has 0 N–H and O–H groups in total. The molecule has 1 aromatic carbocycles. The molecule has 1 aromatic rings. The van der Waals surface area contributed by atoms with E-state index in [-0.39, 0.29) is 17.0 Å². The van der Waals surface area contributed by atoms with E-state index in [4.69, 9.17) is 0 Å². The molecule has 0 heterocycles. The van der Waals surface area contributed by atoms with Crippen molar-refractivity contribution in [1.82, 2.24) is 0 Å². The Kier molecular flexibility index (Phi) is 21.3. The molecule has 1 nitrogen and oxygen atoms in total. The molecule has 0 unspecified atom stereocenters. The molecular formula is C29H54BrN. The minimum absolute atomic E-state index is 0. The summed E-state index contributed by atoms with van der Waals surface area (Å²) in [5, 5.41) is 0. The molecule has 0 aliphatic carbocycles. The zero-order valence-electron chi connectivity index (χ0n) is 21.4. The Morgan fingerprint density at radius 3 is 1.29 bits per heavy atom. The second kappa shape index (κ2) is 21.5. The summed E-state index contributed by atoms with van der Waals surface area (Å²) < 4.78 is 1.25. The van der Waals surface area contributed by atoms with Crippen LogP contribution < -0.4 is 17.0 Å². The average molecular weight is 497 g/mol. The number of hydrogen-bond acceptors (Lipinski definition) is 0. The van der Waals surface area contributed by atoms with Crippen molar-refractivity contribution in [3.8, 4) is 0 Å². The van der Waals surface area contributed by atoms with E-state index in [1.165, 1.54) is 139 Å². The van der Waals surface area contributed by atoms with Crippen LogP contribution >= 0.6 is 0 Å². The molecule has 0 fully saturated rings. The lowest BCUT2D eigenvalue weighted by Crippen LogP contribution is -3.00. The van der Waals surface area contributed by atoms with E-state index in [9.17, 15) is 0 Å².